The number of carbonyl (C=O) groups is 2. The number of aromatic hydroxyl groups is 2. The lowest BCUT2D eigenvalue weighted by Crippen LogP contribution is -2.25. The Bertz CT molecular complexity index is 2070. The van der Waals surface area contributed by atoms with Gasteiger partial charge >= 0.3 is 5.97 Å². The number of likely N-dealkylation sites (N-methyl/N-ethyl adjacent to an activating group) is 1. The number of benzene rings is 3. The van der Waals surface area contributed by atoms with Gasteiger partial charge in [0.1, 0.15) is 29.4 Å². The van der Waals surface area contributed by atoms with Gasteiger partial charge in [0.25, 0.3) is 5.91 Å². The summed E-state index contributed by atoms with van der Waals surface area (Å²) in [5.41, 5.74) is 5.86. The van der Waals surface area contributed by atoms with Crippen molar-refractivity contribution in [3.63, 3.8) is 0 Å². The Labute approximate surface area is 302 Å². The van der Waals surface area contributed by atoms with Crippen molar-refractivity contribution < 1.29 is 29.6 Å². The number of hydrogen-bond acceptors (Lipinski definition) is 8. The first kappa shape index (κ1) is 35.3. The topological polar surface area (TPSA) is 168 Å². The van der Waals surface area contributed by atoms with Gasteiger partial charge in [-0.15, -0.1) is 0 Å². The molecule has 52 heavy (non-hydrogen) atoms. The minimum atomic E-state index is -1.12. The number of ether oxygens (including phenoxy) is 1. The van der Waals surface area contributed by atoms with Crippen molar-refractivity contribution in [1.82, 2.24) is 30.2 Å². The van der Waals surface area contributed by atoms with Gasteiger partial charge in [-0.2, -0.15) is 10.2 Å². The van der Waals surface area contributed by atoms with E-state index in [0.717, 1.165) is 63.9 Å². The highest BCUT2D eigenvalue weighted by atomic mass is 16.5. The number of aromatic amines is 2. The van der Waals surface area contributed by atoms with Gasteiger partial charge in [-0.3, -0.25) is 15.0 Å². The summed E-state index contributed by atoms with van der Waals surface area (Å²) in [6.07, 6.45) is 11.8. The van der Waals surface area contributed by atoms with Crippen molar-refractivity contribution in [1.29, 1.82) is 0 Å². The van der Waals surface area contributed by atoms with Crippen LogP contribution in [0.15, 0.2) is 42.5 Å². The number of nitrogens with zero attached hydrogens (tertiary/aromatic N) is 4. The third-order valence-electron chi connectivity index (χ3n) is 10.9. The molecular weight excluding hydrogens is 660 g/mol. The summed E-state index contributed by atoms with van der Waals surface area (Å²) < 4.78 is 5.85. The van der Waals surface area contributed by atoms with Gasteiger partial charge in [-0.25, -0.2) is 4.79 Å². The average Bonchev–Trinajstić information content (AvgIpc) is 3.97. The Morgan fingerprint density at radius 2 is 1.33 bits per heavy atom. The maximum atomic E-state index is 13.4. The van der Waals surface area contributed by atoms with Crippen molar-refractivity contribution in [2.24, 2.45) is 11.8 Å². The number of amides is 1. The Balaban J connectivity index is 0.000000187. The Morgan fingerprint density at radius 1 is 0.788 bits per heavy atom. The number of aromatic nitrogens is 4. The van der Waals surface area contributed by atoms with E-state index in [1.807, 2.05) is 38.4 Å². The molecule has 1 amide bonds. The number of carboxylic acids is 1. The highest BCUT2D eigenvalue weighted by Crippen LogP contribution is 2.35. The third-order valence-corrected chi connectivity index (χ3v) is 10.9. The van der Waals surface area contributed by atoms with Crippen LogP contribution in [0, 0.1) is 11.8 Å². The van der Waals surface area contributed by atoms with E-state index in [9.17, 15) is 19.8 Å². The summed E-state index contributed by atoms with van der Waals surface area (Å²) in [7, 11) is 4.03. The molecule has 2 saturated carbocycles. The molecular formula is C40H48N6O6. The number of H-pyrrole nitrogens is 2. The summed E-state index contributed by atoms with van der Waals surface area (Å²) in [6.45, 7) is 2.51. The van der Waals surface area contributed by atoms with E-state index in [2.05, 4.69) is 25.3 Å². The predicted molar refractivity (Wildman–Crippen MR) is 198 cm³/mol. The summed E-state index contributed by atoms with van der Waals surface area (Å²) in [4.78, 5) is 28.3. The standard InChI is InChI=1S/C26H32N4O3.C14H16N2O3/c1-29(2)9-10-33-20-8-7-18-15-30(16-19(18)12-20)26(32)22-13-21-23(11-17-5-3-4-6-17)27-28-24(21)14-25(22)31;17-13-7-12-9(6-10(13)14(18)19)11(15-16-12)5-8-3-1-2-4-8/h7-8,12-14,17,31H,3-6,9-11,15-16H2,1-2H3,(H,27,28);6-8,17H,1-5H2,(H,15,16)(H,18,19). The second-order valence-electron chi connectivity index (χ2n) is 14.9. The fourth-order valence-corrected chi connectivity index (χ4v) is 7.97. The third kappa shape index (κ3) is 7.72. The normalized spacial score (nSPS) is 16.2. The molecule has 5 N–H and O–H groups in total. The molecule has 8 rings (SSSR count). The van der Waals surface area contributed by atoms with Crippen LogP contribution in [-0.4, -0.2) is 84.6 Å². The molecule has 0 radical (unpaired) electrons. The summed E-state index contributed by atoms with van der Waals surface area (Å²) >= 11 is 0. The molecule has 0 saturated heterocycles. The van der Waals surface area contributed by atoms with Crippen molar-refractivity contribution in [3.05, 3.63) is 76.1 Å². The first-order valence-corrected chi connectivity index (χ1v) is 18.4. The second kappa shape index (κ2) is 15.2. The molecule has 0 bridgehead atoms. The Morgan fingerprint density at radius 3 is 1.88 bits per heavy atom. The molecule has 0 unspecified atom stereocenters. The molecule has 3 aliphatic rings. The molecule has 3 heterocycles. The smallest absolute Gasteiger partial charge is 0.339 e. The highest BCUT2D eigenvalue weighted by molar-refractivity contribution is 6.01. The zero-order chi connectivity index (χ0) is 36.4. The first-order valence-electron chi connectivity index (χ1n) is 18.4. The molecule has 12 heteroatoms. The molecule has 12 nitrogen and oxygen atoms in total. The van der Waals surface area contributed by atoms with Gasteiger partial charge in [0.2, 0.25) is 0 Å². The molecule has 0 atom stereocenters. The minimum Gasteiger partial charge on any atom is -0.507 e. The summed E-state index contributed by atoms with van der Waals surface area (Å²) in [5, 5.41) is 45.7. The average molecular weight is 709 g/mol. The molecule has 2 aliphatic carbocycles. The number of carboxylic acid groups (broad SMARTS) is 1. The van der Waals surface area contributed by atoms with Crippen molar-refractivity contribution in [2.75, 3.05) is 27.2 Å². The quantitative estimate of drug-likeness (QED) is 0.105. The van der Waals surface area contributed by atoms with E-state index in [1.165, 1.54) is 63.5 Å². The number of carbonyl (C=O) groups excluding carboxylic acids is 1. The van der Waals surface area contributed by atoms with Crippen LogP contribution >= 0.6 is 0 Å². The number of fused-ring (bicyclic) bond motifs is 3. The van der Waals surface area contributed by atoms with E-state index < -0.39 is 5.97 Å². The fourth-order valence-electron chi connectivity index (χ4n) is 7.97. The Hall–Kier alpha value is -5.10. The van der Waals surface area contributed by atoms with Gasteiger partial charge < -0.3 is 29.9 Å². The van der Waals surface area contributed by atoms with Crippen molar-refractivity contribution in [3.8, 4) is 17.2 Å². The molecule has 274 valence electrons. The molecule has 2 aromatic heterocycles. The van der Waals surface area contributed by atoms with Gasteiger partial charge in [0.15, 0.2) is 0 Å². The number of phenolic OH excluding ortho intramolecular Hbond substituents is 1. The number of phenols is 2. The lowest BCUT2D eigenvalue weighted by molar-refractivity contribution is 0.0692. The maximum Gasteiger partial charge on any atom is 0.339 e. The van der Waals surface area contributed by atoms with Crippen LogP contribution in [0.1, 0.15) is 94.6 Å². The van der Waals surface area contributed by atoms with Gasteiger partial charge in [0.05, 0.1) is 28.0 Å². The van der Waals surface area contributed by atoms with E-state index >= 15 is 0 Å². The summed E-state index contributed by atoms with van der Waals surface area (Å²) in [5.74, 6) is 0.619. The largest absolute Gasteiger partial charge is 0.507 e. The van der Waals surface area contributed by atoms with Crippen LogP contribution in [0.3, 0.4) is 0 Å². The number of aromatic carboxylic acids is 1. The van der Waals surface area contributed by atoms with E-state index in [0.29, 0.717) is 42.6 Å². The first-order chi connectivity index (χ1) is 25.1. The molecule has 1 aliphatic heterocycles. The van der Waals surface area contributed by atoms with Crippen LogP contribution in [0.25, 0.3) is 21.8 Å². The molecule has 5 aromatic rings. The monoisotopic (exact) mass is 708 g/mol. The van der Waals surface area contributed by atoms with Gasteiger partial charge in [-0.1, -0.05) is 57.4 Å². The zero-order valence-electron chi connectivity index (χ0n) is 30.0. The SMILES string of the molecule is CN(C)CCOc1ccc2c(c1)CN(C(=O)c1cc3c(CC4CCCC4)n[nH]c3cc1O)C2.O=C(O)c1cc2c(CC3CCCC3)n[nH]c2cc1O. The van der Waals surface area contributed by atoms with Gasteiger partial charge in [0, 0.05) is 42.5 Å². The zero-order valence-corrected chi connectivity index (χ0v) is 30.0. The van der Waals surface area contributed by atoms with Crippen LogP contribution < -0.4 is 4.74 Å². The van der Waals surface area contributed by atoms with E-state index in [1.54, 1.807) is 11.0 Å². The molecule has 2 fully saturated rings. The number of hydrogen-bond donors (Lipinski definition) is 5. The Kier molecular flexibility index (Phi) is 10.4. The molecule has 0 spiro atoms. The highest BCUT2D eigenvalue weighted by Gasteiger charge is 2.28. The van der Waals surface area contributed by atoms with Crippen LogP contribution in [0.5, 0.6) is 17.2 Å². The minimum absolute atomic E-state index is 0.00719. The van der Waals surface area contributed by atoms with Crippen molar-refractivity contribution >= 4 is 33.7 Å². The van der Waals surface area contributed by atoms with Crippen molar-refractivity contribution in [2.45, 2.75) is 77.3 Å². The second-order valence-corrected chi connectivity index (χ2v) is 14.9. The van der Waals surface area contributed by atoms with Crippen LogP contribution in [-0.2, 0) is 25.9 Å². The van der Waals surface area contributed by atoms with E-state index in [-0.39, 0.29) is 23.0 Å². The molecule has 3 aromatic carbocycles. The van der Waals surface area contributed by atoms with Crippen LogP contribution in [0.2, 0.25) is 0 Å². The lowest BCUT2D eigenvalue weighted by Gasteiger charge is -2.16. The lowest BCUT2D eigenvalue weighted by atomic mass is 9.99. The number of rotatable bonds is 10. The van der Waals surface area contributed by atoms with Crippen LogP contribution in [0.4, 0.5) is 0 Å². The maximum absolute atomic E-state index is 13.4. The van der Waals surface area contributed by atoms with Gasteiger partial charge in [-0.05, 0) is 74.2 Å². The number of nitrogens with one attached hydrogen (secondary N) is 2. The predicted octanol–water partition coefficient (Wildman–Crippen LogP) is 6.80. The fraction of sp³-hybridized carbons (Fsp3) is 0.450. The van der Waals surface area contributed by atoms with E-state index in [4.69, 9.17) is 9.84 Å². The summed E-state index contributed by atoms with van der Waals surface area (Å²) in [6, 6.07) is 12.4.